The summed E-state index contributed by atoms with van der Waals surface area (Å²) in [5, 5.41) is 3.56. The van der Waals surface area contributed by atoms with Gasteiger partial charge in [-0.05, 0) is 54.4 Å². The minimum absolute atomic E-state index is 0.205. The zero-order valence-corrected chi connectivity index (χ0v) is 20.2. The maximum Gasteiger partial charge on any atom is 0.236 e. The summed E-state index contributed by atoms with van der Waals surface area (Å²) in [5.74, 6) is 1.07. The molecule has 0 saturated carbocycles. The molecule has 3 aromatic carbocycles. The van der Waals surface area contributed by atoms with Gasteiger partial charge in [-0.2, -0.15) is 0 Å². The van der Waals surface area contributed by atoms with Gasteiger partial charge in [-0.3, -0.25) is 4.72 Å². The SMILES string of the molecule is COc1ccccc1-c1cc(Nc2cccc(CS(=O)(=O)Nc3cc(C)ccc3Cl)c2)ncn1. The van der Waals surface area contributed by atoms with Crippen LogP contribution in [-0.2, 0) is 15.8 Å². The molecule has 0 bridgehead atoms. The summed E-state index contributed by atoms with van der Waals surface area (Å²) in [6.07, 6.45) is 1.47. The number of anilines is 3. The number of methoxy groups -OCH3 is 1. The highest BCUT2D eigenvalue weighted by Crippen LogP contribution is 2.30. The quantitative estimate of drug-likeness (QED) is 0.321. The first-order chi connectivity index (χ1) is 16.3. The molecule has 0 fully saturated rings. The lowest BCUT2D eigenvalue weighted by molar-refractivity contribution is 0.416. The number of sulfonamides is 1. The minimum atomic E-state index is -3.67. The number of para-hydroxylation sites is 1. The third-order valence-corrected chi connectivity index (χ3v) is 6.57. The molecule has 0 aliphatic carbocycles. The fraction of sp³-hybridized carbons (Fsp3) is 0.120. The van der Waals surface area contributed by atoms with Gasteiger partial charge in [0.1, 0.15) is 17.9 Å². The third kappa shape index (κ3) is 5.84. The molecule has 0 spiro atoms. The Hall–Kier alpha value is -3.62. The van der Waals surface area contributed by atoms with Crippen molar-refractivity contribution >= 4 is 38.8 Å². The number of hydrogen-bond acceptors (Lipinski definition) is 6. The Morgan fingerprint density at radius 3 is 2.62 bits per heavy atom. The Bertz CT molecular complexity index is 1430. The summed E-state index contributed by atoms with van der Waals surface area (Å²) in [5.41, 5.74) is 4.13. The van der Waals surface area contributed by atoms with Crippen molar-refractivity contribution in [2.24, 2.45) is 0 Å². The fourth-order valence-electron chi connectivity index (χ4n) is 3.46. The molecule has 0 radical (unpaired) electrons. The standard InChI is InChI=1S/C25H23ClN4O3S/c1-17-10-11-21(26)23(12-17)30-34(31,32)15-18-6-5-7-19(13-18)29-25-14-22(27-16-28-25)20-8-3-4-9-24(20)33-2/h3-14,16,30H,15H2,1-2H3,(H,27,28,29). The van der Waals surface area contributed by atoms with Crippen LogP contribution in [0.2, 0.25) is 5.02 Å². The van der Waals surface area contributed by atoms with E-state index in [1.165, 1.54) is 6.33 Å². The third-order valence-electron chi connectivity index (χ3n) is 4.99. The number of aromatic nitrogens is 2. The lowest BCUT2D eigenvalue weighted by Crippen LogP contribution is -2.15. The lowest BCUT2D eigenvalue weighted by atomic mass is 10.1. The number of aryl methyl sites for hydroxylation is 1. The lowest BCUT2D eigenvalue weighted by Gasteiger charge is -2.12. The van der Waals surface area contributed by atoms with Crippen LogP contribution in [0.5, 0.6) is 5.75 Å². The van der Waals surface area contributed by atoms with E-state index in [0.717, 1.165) is 11.1 Å². The van der Waals surface area contributed by atoms with Gasteiger partial charge in [0.15, 0.2) is 0 Å². The molecule has 7 nitrogen and oxygen atoms in total. The monoisotopic (exact) mass is 494 g/mol. The van der Waals surface area contributed by atoms with E-state index in [1.54, 1.807) is 37.4 Å². The van der Waals surface area contributed by atoms with Crippen molar-refractivity contribution in [2.75, 3.05) is 17.1 Å². The molecule has 4 rings (SSSR count). The summed E-state index contributed by atoms with van der Waals surface area (Å²) >= 11 is 6.14. The van der Waals surface area contributed by atoms with Gasteiger partial charge in [-0.1, -0.05) is 41.9 Å². The van der Waals surface area contributed by atoms with Gasteiger partial charge in [0.2, 0.25) is 10.0 Å². The number of nitrogens with one attached hydrogen (secondary N) is 2. The average molecular weight is 495 g/mol. The molecule has 2 N–H and O–H groups in total. The van der Waals surface area contributed by atoms with Crippen molar-refractivity contribution < 1.29 is 13.2 Å². The summed E-state index contributed by atoms with van der Waals surface area (Å²) in [7, 11) is -2.06. The zero-order valence-electron chi connectivity index (χ0n) is 18.6. The topological polar surface area (TPSA) is 93.2 Å². The average Bonchev–Trinajstić information content (AvgIpc) is 2.81. The van der Waals surface area contributed by atoms with Crippen LogP contribution in [0.4, 0.5) is 17.2 Å². The Morgan fingerprint density at radius 1 is 0.971 bits per heavy atom. The second-order valence-electron chi connectivity index (χ2n) is 7.66. The van der Waals surface area contributed by atoms with Crippen LogP contribution in [0.3, 0.4) is 0 Å². The van der Waals surface area contributed by atoms with Crippen LogP contribution < -0.4 is 14.8 Å². The van der Waals surface area contributed by atoms with Crippen LogP contribution >= 0.6 is 11.6 Å². The molecule has 0 saturated heterocycles. The molecule has 1 aromatic heterocycles. The summed E-state index contributed by atoms with van der Waals surface area (Å²) in [6.45, 7) is 1.87. The minimum Gasteiger partial charge on any atom is -0.496 e. The molecule has 4 aromatic rings. The normalized spacial score (nSPS) is 11.1. The maximum atomic E-state index is 12.7. The predicted octanol–water partition coefficient (Wildman–Crippen LogP) is 5.80. The van der Waals surface area contributed by atoms with Gasteiger partial charge in [-0.15, -0.1) is 0 Å². The predicted molar refractivity (Wildman–Crippen MR) is 136 cm³/mol. The highest BCUT2D eigenvalue weighted by Gasteiger charge is 2.15. The highest BCUT2D eigenvalue weighted by atomic mass is 35.5. The number of halogens is 1. The molecular formula is C25H23ClN4O3S. The summed E-state index contributed by atoms with van der Waals surface area (Å²) in [6, 6.07) is 21.7. The van der Waals surface area contributed by atoms with Crippen LogP contribution in [0.25, 0.3) is 11.3 Å². The number of benzene rings is 3. The molecule has 174 valence electrons. The van der Waals surface area contributed by atoms with Crippen molar-refractivity contribution in [1.82, 2.24) is 9.97 Å². The first kappa shape index (κ1) is 23.5. The molecule has 1 heterocycles. The molecule has 34 heavy (non-hydrogen) atoms. The Morgan fingerprint density at radius 2 is 1.79 bits per heavy atom. The number of rotatable bonds is 8. The number of ether oxygens (including phenoxy) is 1. The van der Waals surface area contributed by atoms with E-state index < -0.39 is 10.0 Å². The Balaban J connectivity index is 1.52. The van der Waals surface area contributed by atoms with E-state index >= 15 is 0 Å². The van der Waals surface area contributed by atoms with Gasteiger partial charge in [0.25, 0.3) is 0 Å². The van der Waals surface area contributed by atoms with E-state index in [9.17, 15) is 8.42 Å². The van der Waals surface area contributed by atoms with Gasteiger partial charge in [0.05, 0.1) is 29.3 Å². The molecular weight excluding hydrogens is 472 g/mol. The van der Waals surface area contributed by atoms with Gasteiger partial charge in [0, 0.05) is 17.3 Å². The second kappa shape index (κ2) is 10.1. The number of hydrogen-bond donors (Lipinski definition) is 2. The second-order valence-corrected chi connectivity index (χ2v) is 9.79. The molecule has 0 aliphatic rings. The van der Waals surface area contributed by atoms with Crippen LogP contribution in [-0.4, -0.2) is 25.5 Å². The zero-order chi connectivity index (χ0) is 24.1. The van der Waals surface area contributed by atoms with Crippen LogP contribution in [0.1, 0.15) is 11.1 Å². The maximum absolute atomic E-state index is 12.7. The van der Waals surface area contributed by atoms with E-state index in [2.05, 4.69) is 20.0 Å². The van der Waals surface area contributed by atoms with Crippen LogP contribution in [0, 0.1) is 6.92 Å². The van der Waals surface area contributed by atoms with Gasteiger partial charge >= 0.3 is 0 Å². The summed E-state index contributed by atoms with van der Waals surface area (Å²) < 4.78 is 33.5. The molecule has 0 unspecified atom stereocenters. The highest BCUT2D eigenvalue weighted by molar-refractivity contribution is 7.91. The van der Waals surface area contributed by atoms with E-state index in [0.29, 0.717) is 39.2 Å². The van der Waals surface area contributed by atoms with Gasteiger partial charge in [-0.25, -0.2) is 18.4 Å². The van der Waals surface area contributed by atoms with Crippen molar-refractivity contribution in [3.05, 3.63) is 95.3 Å². The van der Waals surface area contributed by atoms with Crippen molar-refractivity contribution in [3.8, 4) is 17.0 Å². The molecule has 0 amide bonds. The van der Waals surface area contributed by atoms with Crippen molar-refractivity contribution in [1.29, 1.82) is 0 Å². The fourth-order valence-corrected chi connectivity index (χ4v) is 4.87. The largest absolute Gasteiger partial charge is 0.496 e. The van der Waals surface area contributed by atoms with E-state index in [4.69, 9.17) is 16.3 Å². The van der Waals surface area contributed by atoms with E-state index in [1.807, 2.05) is 49.4 Å². The molecule has 0 aliphatic heterocycles. The summed E-state index contributed by atoms with van der Waals surface area (Å²) in [4.78, 5) is 8.63. The van der Waals surface area contributed by atoms with Gasteiger partial charge < -0.3 is 10.1 Å². The van der Waals surface area contributed by atoms with Crippen molar-refractivity contribution in [3.63, 3.8) is 0 Å². The first-order valence-electron chi connectivity index (χ1n) is 10.4. The molecule has 0 atom stereocenters. The number of nitrogens with zero attached hydrogens (tertiary/aromatic N) is 2. The first-order valence-corrected chi connectivity index (χ1v) is 12.4. The molecule has 9 heteroatoms. The Labute approximate surface area is 203 Å². The van der Waals surface area contributed by atoms with Crippen LogP contribution in [0.15, 0.2) is 79.1 Å². The smallest absolute Gasteiger partial charge is 0.236 e. The van der Waals surface area contributed by atoms with E-state index in [-0.39, 0.29) is 5.75 Å². The Kier molecular flexibility index (Phi) is 7.00. The van der Waals surface area contributed by atoms with Crippen molar-refractivity contribution in [2.45, 2.75) is 12.7 Å².